The summed E-state index contributed by atoms with van der Waals surface area (Å²) in [6.45, 7) is 2.60. The molecule has 0 spiro atoms. The highest BCUT2D eigenvalue weighted by atomic mass is 32.2. The third-order valence-electron chi connectivity index (χ3n) is 5.68. The van der Waals surface area contributed by atoms with Crippen LogP contribution in [0.15, 0.2) is 59.5 Å². The van der Waals surface area contributed by atoms with Gasteiger partial charge in [0.2, 0.25) is 10.0 Å². The largest absolute Gasteiger partial charge is 0.329 e. The van der Waals surface area contributed by atoms with Crippen LogP contribution < -0.4 is 4.72 Å². The Morgan fingerprint density at radius 2 is 1.83 bits per heavy atom. The standard InChI is InChI=1S/C22H27N3O3S/c1-24-12-13-25(21(16-24)18-6-3-2-4-7-18)22(26)19-8-5-9-20(14-19)29(27,28)23-15-17-10-11-17/h2-9,14,17,21,23H,10-13,15-16H2,1H3/t21-/m1/s1. The Balaban J connectivity index is 1.58. The highest BCUT2D eigenvalue weighted by molar-refractivity contribution is 7.89. The molecule has 2 fully saturated rings. The van der Waals surface area contributed by atoms with E-state index in [1.165, 1.54) is 6.07 Å². The van der Waals surface area contributed by atoms with E-state index in [1.54, 1.807) is 18.2 Å². The first-order valence-electron chi connectivity index (χ1n) is 10.1. The molecule has 0 bridgehead atoms. The Hall–Kier alpha value is -2.22. The third-order valence-corrected chi connectivity index (χ3v) is 7.10. The lowest BCUT2D eigenvalue weighted by atomic mass is 10.0. The van der Waals surface area contributed by atoms with Crippen molar-refractivity contribution in [3.8, 4) is 0 Å². The Kier molecular flexibility index (Phi) is 5.72. The van der Waals surface area contributed by atoms with E-state index in [1.807, 2.05) is 35.2 Å². The summed E-state index contributed by atoms with van der Waals surface area (Å²) >= 11 is 0. The molecule has 4 rings (SSSR count). The number of rotatable bonds is 6. The zero-order valence-electron chi connectivity index (χ0n) is 16.6. The number of sulfonamides is 1. The molecule has 1 saturated carbocycles. The summed E-state index contributed by atoms with van der Waals surface area (Å²) in [5, 5.41) is 0. The lowest BCUT2D eigenvalue weighted by Crippen LogP contribution is -2.49. The molecular formula is C22H27N3O3S. The Labute approximate surface area is 172 Å². The van der Waals surface area contributed by atoms with E-state index in [4.69, 9.17) is 0 Å². The Morgan fingerprint density at radius 1 is 1.07 bits per heavy atom. The van der Waals surface area contributed by atoms with Gasteiger partial charge in [-0.1, -0.05) is 36.4 Å². The van der Waals surface area contributed by atoms with Gasteiger partial charge in [-0.3, -0.25) is 4.79 Å². The molecule has 154 valence electrons. The molecule has 1 saturated heterocycles. The molecule has 0 aromatic heterocycles. The van der Waals surface area contributed by atoms with Gasteiger partial charge < -0.3 is 9.80 Å². The van der Waals surface area contributed by atoms with Gasteiger partial charge in [0, 0.05) is 31.7 Å². The average molecular weight is 414 g/mol. The van der Waals surface area contributed by atoms with Crippen molar-refractivity contribution in [3.05, 3.63) is 65.7 Å². The molecule has 1 aliphatic heterocycles. The van der Waals surface area contributed by atoms with E-state index in [0.29, 0.717) is 24.6 Å². The van der Waals surface area contributed by atoms with E-state index in [0.717, 1.165) is 31.5 Å². The van der Waals surface area contributed by atoms with Crippen molar-refractivity contribution < 1.29 is 13.2 Å². The fourth-order valence-electron chi connectivity index (χ4n) is 3.72. The van der Waals surface area contributed by atoms with Crippen molar-refractivity contribution >= 4 is 15.9 Å². The van der Waals surface area contributed by atoms with Crippen molar-refractivity contribution in [2.75, 3.05) is 33.2 Å². The minimum atomic E-state index is -3.61. The van der Waals surface area contributed by atoms with E-state index >= 15 is 0 Å². The molecule has 0 radical (unpaired) electrons. The molecule has 2 aliphatic rings. The van der Waals surface area contributed by atoms with Gasteiger partial charge in [0.25, 0.3) is 5.91 Å². The number of amides is 1. The van der Waals surface area contributed by atoms with E-state index in [-0.39, 0.29) is 16.8 Å². The maximum Gasteiger partial charge on any atom is 0.254 e. The summed E-state index contributed by atoms with van der Waals surface area (Å²) in [5.41, 5.74) is 1.49. The lowest BCUT2D eigenvalue weighted by molar-refractivity contribution is 0.0498. The molecular weight excluding hydrogens is 386 g/mol. The zero-order valence-corrected chi connectivity index (χ0v) is 17.4. The minimum Gasteiger partial charge on any atom is -0.329 e. The van der Waals surface area contributed by atoms with Crippen molar-refractivity contribution in [2.24, 2.45) is 5.92 Å². The summed E-state index contributed by atoms with van der Waals surface area (Å²) in [7, 11) is -1.55. The first-order chi connectivity index (χ1) is 13.9. The number of likely N-dealkylation sites (N-methyl/N-ethyl adjacent to an activating group) is 1. The van der Waals surface area contributed by atoms with E-state index in [9.17, 15) is 13.2 Å². The minimum absolute atomic E-state index is 0.0595. The quantitative estimate of drug-likeness (QED) is 0.790. The summed E-state index contributed by atoms with van der Waals surface area (Å²) < 4.78 is 27.9. The van der Waals surface area contributed by atoms with Crippen molar-refractivity contribution in [3.63, 3.8) is 0 Å². The van der Waals surface area contributed by atoms with Gasteiger partial charge in [-0.15, -0.1) is 0 Å². The van der Waals surface area contributed by atoms with Gasteiger partial charge in [-0.05, 0) is 49.6 Å². The number of carbonyl (C=O) groups excluding carboxylic acids is 1. The molecule has 2 aromatic carbocycles. The smallest absolute Gasteiger partial charge is 0.254 e. The monoisotopic (exact) mass is 413 g/mol. The molecule has 1 amide bonds. The maximum absolute atomic E-state index is 13.3. The van der Waals surface area contributed by atoms with Crippen molar-refractivity contribution in [1.29, 1.82) is 0 Å². The molecule has 7 heteroatoms. The fourth-order valence-corrected chi connectivity index (χ4v) is 4.88. The molecule has 1 N–H and O–H groups in total. The molecule has 2 aromatic rings. The second-order valence-electron chi connectivity index (χ2n) is 8.01. The van der Waals surface area contributed by atoms with Crippen LogP contribution in [-0.2, 0) is 10.0 Å². The molecule has 29 heavy (non-hydrogen) atoms. The van der Waals surface area contributed by atoms with Gasteiger partial charge in [-0.25, -0.2) is 13.1 Å². The highest BCUT2D eigenvalue weighted by Gasteiger charge is 2.31. The van der Waals surface area contributed by atoms with Gasteiger partial charge >= 0.3 is 0 Å². The Morgan fingerprint density at radius 3 is 2.55 bits per heavy atom. The summed E-state index contributed by atoms with van der Waals surface area (Å²) in [6, 6.07) is 16.3. The van der Waals surface area contributed by atoms with Gasteiger partial charge in [0.05, 0.1) is 10.9 Å². The van der Waals surface area contributed by atoms with Crippen LogP contribution >= 0.6 is 0 Å². The first-order valence-corrected chi connectivity index (χ1v) is 11.6. The number of nitrogens with one attached hydrogen (secondary N) is 1. The average Bonchev–Trinajstić information content (AvgIpc) is 3.57. The highest BCUT2D eigenvalue weighted by Crippen LogP contribution is 2.29. The topological polar surface area (TPSA) is 69.7 Å². The number of hydrogen-bond acceptors (Lipinski definition) is 4. The molecule has 0 unspecified atom stereocenters. The van der Waals surface area contributed by atoms with Crippen LogP contribution in [0.25, 0.3) is 0 Å². The van der Waals surface area contributed by atoms with E-state index in [2.05, 4.69) is 16.7 Å². The van der Waals surface area contributed by atoms with Crippen LogP contribution in [0.1, 0.15) is 34.8 Å². The summed E-state index contributed by atoms with van der Waals surface area (Å²) in [6.07, 6.45) is 2.15. The maximum atomic E-state index is 13.3. The predicted octanol–water partition coefficient (Wildman–Crippen LogP) is 2.50. The van der Waals surface area contributed by atoms with Gasteiger partial charge in [0.1, 0.15) is 0 Å². The van der Waals surface area contributed by atoms with Crippen LogP contribution in [0.2, 0.25) is 0 Å². The van der Waals surface area contributed by atoms with Crippen molar-refractivity contribution in [2.45, 2.75) is 23.8 Å². The Bertz CT molecular complexity index is 974. The number of carbonyl (C=O) groups is 1. The van der Waals surface area contributed by atoms with Gasteiger partial charge in [-0.2, -0.15) is 0 Å². The summed E-state index contributed by atoms with van der Waals surface area (Å²) in [4.78, 5) is 17.6. The SMILES string of the molecule is CN1CCN(C(=O)c2cccc(S(=O)(=O)NCC3CC3)c2)[C@@H](c2ccccc2)C1. The van der Waals surface area contributed by atoms with Crippen LogP contribution in [0.5, 0.6) is 0 Å². The molecule has 6 nitrogen and oxygen atoms in total. The second-order valence-corrected chi connectivity index (χ2v) is 9.78. The fraction of sp³-hybridized carbons (Fsp3) is 0.409. The number of benzene rings is 2. The number of nitrogens with zero attached hydrogens (tertiary/aromatic N) is 2. The first kappa shape index (κ1) is 20.1. The van der Waals surface area contributed by atoms with Crippen LogP contribution in [0.4, 0.5) is 0 Å². The lowest BCUT2D eigenvalue weighted by Gasteiger charge is -2.40. The molecule has 1 heterocycles. The third kappa shape index (κ3) is 4.69. The van der Waals surface area contributed by atoms with Gasteiger partial charge in [0.15, 0.2) is 0 Å². The molecule has 1 atom stereocenters. The predicted molar refractivity (Wildman–Crippen MR) is 112 cm³/mol. The zero-order chi connectivity index (χ0) is 20.4. The van der Waals surface area contributed by atoms with Crippen LogP contribution in [-0.4, -0.2) is 57.4 Å². The van der Waals surface area contributed by atoms with Crippen molar-refractivity contribution in [1.82, 2.24) is 14.5 Å². The summed E-state index contributed by atoms with van der Waals surface area (Å²) in [5.74, 6) is 0.317. The van der Waals surface area contributed by atoms with Crippen LogP contribution in [0, 0.1) is 5.92 Å². The second kappa shape index (κ2) is 8.26. The number of piperazine rings is 1. The van der Waals surface area contributed by atoms with Crippen LogP contribution in [0.3, 0.4) is 0 Å². The van der Waals surface area contributed by atoms with E-state index < -0.39 is 10.0 Å². The number of hydrogen-bond donors (Lipinski definition) is 1. The molecule has 1 aliphatic carbocycles. The normalized spacial score (nSPS) is 20.6.